The molecular formula is C24H20N2O3. The van der Waals surface area contributed by atoms with Crippen LogP contribution in [0.3, 0.4) is 0 Å². The second-order valence-corrected chi connectivity index (χ2v) is 7.01. The maximum atomic E-state index is 12.9. The third-order valence-electron chi connectivity index (χ3n) is 5.10. The highest BCUT2D eigenvalue weighted by molar-refractivity contribution is 6.23. The average Bonchev–Trinajstić information content (AvgIpc) is 3.00. The number of para-hydroxylation sites is 1. The molecule has 3 aromatic rings. The summed E-state index contributed by atoms with van der Waals surface area (Å²) in [5.41, 5.74) is 3.43. The molecule has 0 aliphatic carbocycles. The van der Waals surface area contributed by atoms with Crippen molar-refractivity contribution in [1.82, 2.24) is 4.90 Å². The highest BCUT2D eigenvalue weighted by Crippen LogP contribution is 2.25. The quantitative estimate of drug-likeness (QED) is 0.679. The molecule has 1 aliphatic heterocycles. The van der Waals surface area contributed by atoms with Gasteiger partial charge in [-0.05, 0) is 42.7 Å². The molecule has 0 saturated carbocycles. The fourth-order valence-corrected chi connectivity index (χ4v) is 3.53. The van der Waals surface area contributed by atoms with E-state index in [4.69, 9.17) is 0 Å². The minimum absolute atomic E-state index is 0.335. The fraction of sp³-hybridized carbons (Fsp3) is 0.125. The van der Waals surface area contributed by atoms with Crippen LogP contribution in [0.5, 0.6) is 0 Å². The lowest BCUT2D eigenvalue weighted by Gasteiger charge is -2.22. The van der Waals surface area contributed by atoms with Crippen molar-refractivity contribution >= 4 is 23.4 Å². The van der Waals surface area contributed by atoms with Crippen molar-refractivity contribution in [2.24, 2.45) is 0 Å². The Morgan fingerprint density at radius 1 is 0.828 bits per heavy atom. The number of imide groups is 1. The van der Waals surface area contributed by atoms with Crippen molar-refractivity contribution < 1.29 is 14.4 Å². The van der Waals surface area contributed by atoms with Gasteiger partial charge in [-0.1, -0.05) is 60.7 Å². The first-order chi connectivity index (χ1) is 14.1. The summed E-state index contributed by atoms with van der Waals surface area (Å²) >= 11 is 0. The van der Waals surface area contributed by atoms with E-state index < -0.39 is 23.8 Å². The van der Waals surface area contributed by atoms with Crippen molar-refractivity contribution in [3.05, 3.63) is 101 Å². The predicted molar refractivity (Wildman–Crippen MR) is 111 cm³/mol. The highest BCUT2D eigenvalue weighted by atomic mass is 16.2. The van der Waals surface area contributed by atoms with E-state index in [9.17, 15) is 14.4 Å². The third-order valence-corrected chi connectivity index (χ3v) is 5.10. The van der Waals surface area contributed by atoms with Gasteiger partial charge in [-0.15, -0.1) is 0 Å². The topological polar surface area (TPSA) is 66.5 Å². The molecule has 1 aliphatic rings. The number of anilines is 1. The van der Waals surface area contributed by atoms with Crippen LogP contribution in [0, 0.1) is 0 Å². The Kier molecular flexibility index (Phi) is 4.96. The minimum Gasteiger partial charge on any atom is -0.324 e. The standard InChI is InChI=1S/C24H20N2O3/c1-16(26-23(28)19-12-6-7-13-20(19)24(26)29)22(27)25-21-14-8-5-11-18(21)15-17-9-3-2-4-10-17/h2-14,16H,15H2,1H3,(H,25,27)/t16-/m1/s1. The Labute approximate surface area is 169 Å². The molecule has 5 nitrogen and oxygen atoms in total. The molecule has 0 radical (unpaired) electrons. The van der Waals surface area contributed by atoms with Gasteiger partial charge >= 0.3 is 0 Å². The molecule has 0 fully saturated rings. The summed E-state index contributed by atoms with van der Waals surface area (Å²) in [4.78, 5) is 39.2. The third kappa shape index (κ3) is 3.55. The Morgan fingerprint density at radius 2 is 1.38 bits per heavy atom. The molecule has 5 heteroatoms. The summed E-state index contributed by atoms with van der Waals surface area (Å²) in [6.07, 6.45) is 0.665. The molecular weight excluding hydrogens is 364 g/mol. The SMILES string of the molecule is C[C@H](C(=O)Nc1ccccc1Cc1ccccc1)N1C(=O)c2ccccc2C1=O. The molecule has 0 aromatic heterocycles. The molecule has 1 heterocycles. The fourth-order valence-electron chi connectivity index (χ4n) is 3.53. The van der Waals surface area contributed by atoms with Gasteiger partial charge in [0, 0.05) is 5.69 Å². The van der Waals surface area contributed by atoms with Gasteiger partial charge in [0.2, 0.25) is 5.91 Å². The van der Waals surface area contributed by atoms with E-state index in [0.717, 1.165) is 16.0 Å². The van der Waals surface area contributed by atoms with Crippen molar-refractivity contribution in [3.8, 4) is 0 Å². The van der Waals surface area contributed by atoms with E-state index in [-0.39, 0.29) is 0 Å². The number of hydrogen-bond donors (Lipinski definition) is 1. The van der Waals surface area contributed by atoms with Crippen molar-refractivity contribution in [3.63, 3.8) is 0 Å². The van der Waals surface area contributed by atoms with Gasteiger partial charge in [-0.3, -0.25) is 19.3 Å². The highest BCUT2D eigenvalue weighted by Gasteiger charge is 2.40. The van der Waals surface area contributed by atoms with Gasteiger partial charge in [-0.2, -0.15) is 0 Å². The van der Waals surface area contributed by atoms with Crippen LogP contribution in [0.2, 0.25) is 0 Å². The summed E-state index contributed by atoms with van der Waals surface area (Å²) in [6.45, 7) is 1.57. The molecule has 29 heavy (non-hydrogen) atoms. The maximum Gasteiger partial charge on any atom is 0.262 e. The molecule has 1 atom stereocenters. The van der Waals surface area contributed by atoms with Crippen molar-refractivity contribution in [1.29, 1.82) is 0 Å². The van der Waals surface area contributed by atoms with E-state index in [2.05, 4.69) is 5.32 Å². The lowest BCUT2D eigenvalue weighted by molar-refractivity contribution is -0.119. The van der Waals surface area contributed by atoms with Gasteiger partial charge in [0.05, 0.1) is 11.1 Å². The van der Waals surface area contributed by atoms with Gasteiger partial charge in [-0.25, -0.2) is 0 Å². The van der Waals surface area contributed by atoms with Gasteiger partial charge in [0.15, 0.2) is 0 Å². The summed E-state index contributed by atoms with van der Waals surface area (Å²) < 4.78 is 0. The average molecular weight is 384 g/mol. The lowest BCUT2D eigenvalue weighted by Crippen LogP contribution is -2.45. The van der Waals surface area contributed by atoms with E-state index in [0.29, 0.717) is 23.2 Å². The first-order valence-corrected chi connectivity index (χ1v) is 9.46. The van der Waals surface area contributed by atoms with Crippen LogP contribution in [0.1, 0.15) is 38.8 Å². The molecule has 0 bridgehead atoms. The second-order valence-electron chi connectivity index (χ2n) is 7.01. The number of nitrogens with one attached hydrogen (secondary N) is 1. The van der Waals surface area contributed by atoms with E-state index in [1.165, 1.54) is 0 Å². The number of hydrogen-bond acceptors (Lipinski definition) is 3. The largest absolute Gasteiger partial charge is 0.324 e. The number of amides is 3. The molecule has 0 saturated heterocycles. The van der Waals surface area contributed by atoms with Crippen LogP contribution in [-0.4, -0.2) is 28.7 Å². The Bertz CT molecular complexity index is 1060. The van der Waals surface area contributed by atoms with Crippen LogP contribution in [0.4, 0.5) is 5.69 Å². The molecule has 0 unspecified atom stereocenters. The Balaban J connectivity index is 1.53. The number of benzene rings is 3. The van der Waals surface area contributed by atoms with Crippen LogP contribution in [-0.2, 0) is 11.2 Å². The second kappa shape index (κ2) is 7.72. The zero-order valence-corrected chi connectivity index (χ0v) is 16.0. The van der Waals surface area contributed by atoms with Crippen molar-refractivity contribution in [2.45, 2.75) is 19.4 Å². The van der Waals surface area contributed by atoms with Crippen LogP contribution >= 0.6 is 0 Å². The first-order valence-electron chi connectivity index (χ1n) is 9.46. The van der Waals surface area contributed by atoms with Crippen LogP contribution in [0.15, 0.2) is 78.9 Å². The zero-order valence-electron chi connectivity index (χ0n) is 16.0. The summed E-state index contributed by atoms with van der Waals surface area (Å²) in [6, 6.07) is 23.2. The number of fused-ring (bicyclic) bond motifs is 1. The lowest BCUT2D eigenvalue weighted by atomic mass is 10.0. The van der Waals surface area contributed by atoms with Crippen LogP contribution in [0.25, 0.3) is 0 Å². The summed E-state index contributed by atoms with van der Waals surface area (Å²) in [5, 5.41) is 2.89. The minimum atomic E-state index is -0.924. The van der Waals surface area contributed by atoms with Gasteiger partial charge < -0.3 is 5.32 Å². The smallest absolute Gasteiger partial charge is 0.262 e. The van der Waals surface area contributed by atoms with E-state index in [1.807, 2.05) is 54.6 Å². The monoisotopic (exact) mass is 384 g/mol. The van der Waals surface area contributed by atoms with E-state index in [1.54, 1.807) is 31.2 Å². The molecule has 4 rings (SSSR count). The normalized spacial score (nSPS) is 13.9. The van der Waals surface area contributed by atoms with Crippen LogP contribution < -0.4 is 5.32 Å². The Morgan fingerprint density at radius 3 is 2.03 bits per heavy atom. The van der Waals surface area contributed by atoms with E-state index >= 15 is 0 Å². The molecule has 0 spiro atoms. The van der Waals surface area contributed by atoms with Gasteiger partial charge in [0.1, 0.15) is 6.04 Å². The molecule has 3 amide bonds. The predicted octanol–water partition coefficient (Wildman–Crippen LogP) is 3.90. The first kappa shape index (κ1) is 18.6. The molecule has 1 N–H and O–H groups in total. The van der Waals surface area contributed by atoms with Crippen molar-refractivity contribution in [2.75, 3.05) is 5.32 Å². The Hall–Kier alpha value is -3.73. The maximum absolute atomic E-state index is 12.9. The zero-order chi connectivity index (χ0) is 20.4. The number of carbonyl (C=O) groups is 3. The summed E-state index contributed by atoms with van der Waals surface area (Å²) in [5.74, 6) is -1.28. The number of nitrogens with zero attached hydrogens (tertiary/aromatic N) is 1. The summed E-state index contributed by atoms with van der Waals surface area (Å²) in [7, 11) is 0. The number of carbonyl (C=O) groups excluding carboxylic acids is 3. The van der Waals surface area contributed by atoms with Gasteiger partial charge in [0.25, 0.3) is 11.8 Å². The number of rotatable bonds is 5. The molecule has 144 valence electrons. The molecule has 3 aromatic carbocycles.